The van der Waals surface area contributed by atoms with E-state index in [2.05, 4.69) is 5.32 Å². The van der Waals surface area contributed by atoms with E-state index in [1.807, 2.05) is 0 Å². The fraction of sp³-hybridized carbons (Fsp3) is 0.240. The van der Waals surface area contributed by atoms with E-state index in [-0.39, 0.29) is 14.8 Å². The zero-order chi connectivity index (χ0) is 28.3. The Kier molecular flexibility index (Phi) is 8.79. The summed E-state index contributed by atoms with van der Waals surface area (Å²) >= 11 is 6.14. The Hall–Kier alpha value is -3.09. The van der Waals surface area contributed by atoms with E-state index < -0.39 is 55.8 Å². The molecule has 7 nitrogen and oxygen atoms in total. The van der Waals surface area contributed by atoms with Gasteiger partial charge in [-0.05, 0) is 54.4 Å². The first-order chi connectivity index (χ1) is 17.6. The first-order valence-electron chi connectivity index (χ1n) is 11.2. The van der Waals surface area contributed by atoms with E-state index in [1.165, 1.54) is 48.5 Å². The molecule has 3 aromatic rings. The van der Waals surface area contributed by atoms with E-state index in [0.717, 1.165) is 12.3 Å². The molecule has 0 fully saturated rings. The maximum atomic E-state index is 13.5. The number of hydrogen-bond acceptors (Lipinski definition) is 5. The lowest BCUT2D eigenvalue weighted by Gasteiger charge is -2.27. The molecule has 0 spiro atoms. The summed E-state index contributed by atoms with van der Waals surface area (Å²) in [4.78, 5) is 12.9. The van der Waals surface area contributed by atoms with E-state index in [4.69, 9.17) is 11.6 Å². The lowest BCUT2D eigenvalue weighted by molar-refractivity contribution is -0.137. The molecule has 1 atom stereocenters. The summed E-state index contributed by atoms with van der Waals surface area (Å²) in [5, 5.41) is 2.37. The Morgan fingerprint density at radius 3 is 2.08 bits per heavy atom. The van der Waals surface area contributed by atoms with Gasteiger partial charge in [0, 0.05) is 6.26 Å². The molecule has 0 radical (unpaired) electrons. The van der Waals surface area contributed by atoms with Crippen molar-refractivity contribution in [3.05, 3.63) is 88.9 Å². The molecule has 13 heteroatoms. The Morgan fingerprint density at radius 2 is 1.55 bits per heavy atom. The van der Waals surface area contributed by atoms with Gasteiger partial charge in [0.1, 0.15) is 6.54 Å². The van der Waals surface area contributed by atoms with Crippen LogP contribution < -0.4 is 9.62 Å². The van der Waals surface area contributed by atoms with E-state index in [9.17, 15) is 34.8 Å². The molecule has 0 saturated heterocycles. The first kappa shape index (κ1) is 29.5. The van der Waals surface area contributed by atoms with Gasteiger partial charge in [-0.25, -0.2) is 16.8 Å². The highest BCUT2D eigenvalue weighted by Gasteiger charge is 2.34. The van der Waals surface area contributed by atoms with Crippen LogP contribution in [-0.4, -0.2) is 35.5 Å². The number of hydrogen-bond donors (Lipinski definition) is 1. The minimum Gasteiger partial charge on any atom is -0.348 e. The molecule has 0 aliphatic rings. The van der Waals surface area contributed by atoms with Crippen molar-refractivity contribution in [1.82, 2.24) is 5.32 Å². The number of anilines is 1. The third-order valence-electron chi connectivity index (χ3n) is 5.61. The molecule has 0 aromatic heterocycles. The normalized spacial score (nSPS) is 13.1. The van der Waals surface area contributed by atoms with Gasteiger partial charge in [0.05, 0.1) is 32.1 Å². The van der Waals surface area contributed by atoms with E-state index >= 15 is 0 Å². The minimum atomic E-state index is -4.78. The summed E-state index contributed by atoms with van der Waals surface area (Å²) in [6.07, 6.45) is -3.36. The number of nitrogens with one attached hydrogen (secondary N) is 1. The molecule has 0 bridgehead atoms. The van der Waals surface area contributed by atoms with Crippen LogP contribution >= 0.6 is 11.6 Å². The number of carbonyl (C=O) groups excluding carboxylic acids is 1. The molecular weight excluding hydrogens is 565 g/mol. The lowest BCUT2D eigenvalue weighted by atomic mass is 10.0. The SMILES string of the molecule is CCC(NC(=O)CN(c1cc(C(F)(F)F)ccc1Cl)S(=O)(=O)c1ccccc1)c1ccc(S(C)(=O)=O)cc1. The highest BCUT2D eigenvalue weighted by atomic mass is 35.5. The van der Waals surface area contributed by atoms with Crippen LogP contribution in [0.2, 0.25) is 5.02 Å². The van der Waals surface area contributed by atoms with Crippen molar-refractivity contribution < 1.29 is 34.8 Å². The second kappa shape index (κ2) is 11.3. The second-order valence-electron chi connectivity index (χ2n) is 8.36. The van der Waals surface area contributed by atoms with Crippen LogP contribution in [0.3, 0.4) is 0 Å². The molecule has 204 valence electrons. The second-order valence-corrected chi connectivity index (χ2v) is 12.6. The number of amides is 1. The summed E-state index contributed by atoms with van der Waals surface area (Å²) in [7, 11) is -7.94. The summed E-state index contributed by atoms with van der Waals surface area (Å²) < 4.78 is 91.2. The van der Waals surface area contributed by atoms with Crippen molar-refractivity contribution in [3.8, 4) is 0 Å². The monoisotopic (exact) mass is 588 g/mol. The molecule has 1 amide bonds. The molecule has 3 rings (SSSR count). The van der Waals surface area contributed by atoms with Gasteiger partial charge in [-0.3, -0.25) is 9.10 Å². The zero-order valence-electron chi connectivity index (χ0n) is 20.2. The molecule has 0 heterocycles. The molecule has 0 aliphatic heterocycles. The molecular formula is C25H24ClF3N2O5S2. The summed E-state index contributed by atoms with van der Waals surface area (Å²) in [5.74, 6) is -0.808. The average Bonchev–Trinajstić information content (AvgIpc) is 2.85. The number of benzene rings is 3. The highest BCUT2D eigenvalue weighted by molar-refractivity contribution is 7.93. The third-order valence-corrected chi connectivity index (χ3v) is 8.84. The van der Waals surface area contributed by atoms with E-state index in [1.54, 1.807) is 13.0 Å². The van der Waals surface area contributed by atoms with Crippen molar-refractivity contribution in [1.29, 1.82) is 0 Å². The fourth-order valence-electron chi connectivity index (χ4n) is 3.64. The topological polar surface area (TPSA) is 101 Å². The van der Waals surface area contributed by atoms with Crippen molar-refractivity contribution in [2.45, 2.75) is 35.4 Å². The number of rotatable bonds is 9. The number of sulfone groups is 1. The zero-order valence-corrected chi connectivity index (χ0v) is 22.6. The van der Waals surface area contributed by atoms with Crippen LogP contribution in [0.5, 0.6) is 0 Å². The predicted molar refractivity (Wildman–Crippen MR) is 138 cm³/mol. The number of alkyl halides is 3. The maximum absolute atomic E-state index is 13.5. The average molecular weight is 589 g/mol. The van der Waals surface area contributed by atoms with Crippen molar-refractivity contribution in [3.63, 3.8) is 0 Å². The van der Waals surface area contributed by atoms with Gasteiger partial charge < -0.3 is 5.32 Å². The van der Waals surface area contributed by atoms with Crippen LogP contribution in [0.15, 0.2) is 82.6 Å². The summed E-state index contributed by atoms with van der Waals surface area (Å²) in [6.45, 7) is 0.883. The first-order valence-corrected chi connectivity index (χ1v) is 14.9. The predicted octanol–water partition coefficient (Wildman–Crippen LogP) is 5.23. The fourth-order valence-corrected chi connectivity index (χ4v) is 5.99. The van der Waals surface area contributed by atoms with Gasteiger partial charge in [0.2, 0.25) is 5.91 Å². The number of sulfonamides is 1. The Labute approximate surface area is 224 Å². The number of carbonyl (C=O) groups is 1. The van der Waals surface area contributed by atoms with Crippen LogP contribution in [0, 0.1) is 0 Å². The lowest BCUT2D eigenvalue weighted by Crippen LogP contribution is -2.42. The largest absolute Gasteiger partial charge is 0.416 e. The molecule has 1 unspecified atom stereocenters. The summed E-state index contributed by atoms with van der Waals surface area (Å²) in [5.41, 5.74) is -1.09. The van der Waals surface area contributed by atoms with Crippen molar-refractivity contribution >= 4 is 43.1 Å². The van der Waals surface area contributed by atoms with E-state index in [0.29, 0.717) is 28.4 Å². The van der Waals surface area contributed by atoms with Gasteiger partial charge in [-0.1, -0.05) is 48.9 Å². The van der Waals surface area contributed by atoms with Gasteiger partial charge in [0.25, 0.3) is 10.0 Å². The molecule has 1 N–H and O–H groups in total. The van der Waals surface area contributed by atoms with Crippen molar-refractivity contribution in [2.75, 3.05) is 17.1 Å². The van der Waals surface area contributed by atoms with Crippen molar-refractivity contribution in [2.24, 2.45) is 0 Å². The maximum Gasteiger partial charge on any atom is 0.416 e. The Balaban J connectivity index is 1.99. The van der Waals surface area contributed by atoms with Crippen LogP contribution in [0.4, 0.5) is 18.9 Å². The van der Waals surface area contributed by atoms with Gasteiger partial charge >= 0.3 is 6.18 Å². The van der Waals surface area contributed by atoms with Crippen LogP contribution in [-0.2, 0) is 30.8 Å². The standard InChI is InChI=1S/C25H24ClF3N2O5S2/c1-3-22(17-9-12-19(13-10-17)37(2,33)34)30-24(32)16-31(38(35,36)20-7-5-4-6-8-20)23-15-18(25(27,28)29)11-14-21(23)26/h4-15,22H,3,16H2,1-2H3,(H,30,32). The minimum absolute atomic E-state index is 0.0850. The van der Waals surface area contributed by atoms with Crippen LogP contribution in [0.25, 0.3) is 0 Å². The summed E-state index contributed by atoms with van der Waals surface area (Å²) in [6, 6.07) is 14.3. The number of nitrogens with zero attached hydrogens (tertiary/aromatic N) is 1. The third kappa shape index (κ3) is 6.86. The molecule has 3 aromatic carbocycles. The van der Waals surface area contributed by atoms with Gasteiger partial charge in [-0.2, -0.15) is 13.2 Å². The Bertz CT molecular complexity index is 1510. The smallest absolute Gasteiger partial charge is 0.348 e. The molecule has 0 aliphatic carbocycles. The highest BCUT2D eigenvalue weighted by Crippen LogP contribution is 2.37. The van der Waals surface area contributed by atoms with Gasteiger partial charge in [-0.15, -0.1) is 0 Å². The number of halogens is 4. The van der Waals surface area contributed by atoms with Gasteiger partial charge in [0.15, 0.2) is 9.84 Å². The molecule has 0 saturated carbocycles. The molecule has 38 heavy (non-hydrogen) atoms. The quantitative estimate of drug-likeness (QED) is 0.369. The Morgan fingerprint density at radius 1 is 0.947 bits per heavy atom. The van der Waals surface area contributed by atoms with Crippen LogP contribution in [0.1, 0.15) is 30.5 Å².